The van der Waals surface area contributed by atoms with E-state index in [1.807, 2.05) is 36.6 Å². The van der Waals surface area contributed by atoms with E-state index in [-0.39, 0.29) is 6.04 Å². The van der Waals surface area contributed by atoms with Gasteiger partial charge >= 0.3 is 0 Å². The summed E-state index contributed by atoms with van der Waals surface area (Å²) in [6, 6.07) is 7.47. The van der Waals surface area contributed by atoms with Crippen molar-refractivity contribution in [3.8, 4) is 17.1 Å². The fraction of sp³-hybridized carbons (Fsp3) is 0.286. The number of methoxy groups -OCH3 is 1. The number of hydrogen-bond acceptors (Lipinski definition) is 8. The Bertz CT molecular complexity index is 728. The smallest absolute Gasteiger partial charge is 0.243 e. The Labute approximate surface area is 131 Å². The summed E-state index contributed by atoms with van der Waals surface area (Å²) >= 11 is 1.33. The third-order valence-electron chi connectivity index (χ3n) is 3.13. The summed E-state index contributed by atoms with van der Waals surface area (Å²) in [6.07, 6.45) is 0. The van der Waals surface area contributed by atoms with Crippen LogP contribution in [0.15, 0.2) is 34.2 Å². The van der Waals surface area contributed by atoms with E-state index >= 15 is 0 Å². The van der Waals surface area contributed by atoms with Crippen LogP contribution >= 0.6 is 11.5 Å². The van der Waals surface area contributed by atoms with Crippen LogP contribution in [0.5, 0.6) is 5.75 Å². The fourth-order valence-corrected chi connectivity index (χ4v) is 2.35. The van der Waals surface area contributed by atoms with Crippen LogP contribution in [0.2, 0.25) is 0 Å². The first-order chi connectivity index (χ1) is 10.8. The number of benzene rings is 1. The monoisotopic (exact) mass is 317 g/mol. The minimum Gasteiger partial charge on any atom is -0.497 e. The highest BCUT2D eigenvalue weighted by atomic mass is 32.1. The Hall–Kier alpha value is -2.32. The lowest BCUT2D eigenvalue weighted by atomic mass is 10.2. The predicted octanol–water partition coefficient (Wildman–Crippen LogP) is 2.45. The molecule has 0 aliphatic carbocycles. The van der Waals surface area contributed by atoms with E-state index in [4.69, 9.17) is 9.26 Å². The SMILES string of the molecule is COc1cccc(-c2noc([C@H](C)NCc3csnn3)n2)c1. The average Bonchev–Trinajstić information content (AvgIpc) is 3.24. The molecular weight excluding hydrogens is 302 g/mol. The largest absolute Gasteiger partial charge is 0.497 e. The van der Waals surface area contributed by atoms with Gasteiger partial charge in [-0.1, -0.05) is 21.8 Å². The Kier molecular flexibility index (Phi) is 4.40. The van der Waals surface area contributed by atoms with E-state index in [0.29, 0.717) is 18.3 Å². The molecule has 0 saturated carbocycles. The number of ether oxygens (including phenoxy) is 1. The maximum atomic E-state index is 5.33. The first kappa shape index (κ1) is 14.6. The molecule has 7 nitrogen and oxygen atoms in total. The lowest BCUT2D eigenvalue weighted by Gasteiger charge is -2.06. The quantitative estimate of drug-likeness (QED) is 0.747. The van der Waals surface area contributed by atoms with Crippen molar-refractivity contribution in [2.24, 2.45) is 0 Å². The van der Waals surface area contributed by atoms with Crippen molar-refractivity contribution in [1.29, 1.82) is 0 Å². The Morgan fingerprint density at radius 1 is 1.41 bits per heavy atom. The van der Waals surface area contributed by atoms with Gasteiger partial charge in [-0.3, -0.25) is 0 Å². The molecule has 3 aromatic rings. The summed E-state index contributed by atoms with van der Waals surface area (Å²) in [4.78, 5) is 4.43. The normalized spacial score (nSPS) is 12.3. The molecule has 0 saturated heterocycles. The van der Waals surface area contributed by atoms with Crippen molar-refractivity contribution in [2.75, 3.05) is 7.11 Å². The molecule has 8 heteroatoms. The van der Waals surface area contributed by atoms with Gasteiger partial charge in [-0.05, 0) is 30.6 Å². The van der Waals surface area contributed by atoms with Gasteiger partial charge in [0.05, 0.1) is 18.8 Å². The Balaban J connectivity index is 1.69. The summed E-state index contributed by atoms with van der Waals surface area (Å²) < 4.78 is 14.3. The average molecular weight is 317 g/mol. The van der Waals surface area contributed by atoms with E-state index in [0.717, 1.165) is 17.0 Å². The highest BCUT2D eigenvalue weighted by Gasteiger charge is 2.15. The van der Waals surface area contributed by atoms with E-state index in [1.54, 1.807) is 7.11 Å². The summed E-state index contributed by atoms with van der Waals surface area (Å²) in [5.74, 6) is 1.82. The first-order valence-corrected chi connectivity index (χ1v) is 7.57. The van der Waals surface area contributed by atoms with Crippen LogP contribution in [0.4, 0.5) is 0 Å². The molecular formula is C14H15N5O2S. The number of hydrogen-bond donors (Lipinski definition) is 1. The molecule has 1 aromatic carbocycles. The van der Waals surface area contributed by atoms with Crippen LogP contribution < -0.4 is 10.1 Å². The number of nitrogens with zero attached hydrogens (tertiary/aromatic N) is 4. The van der Waals surface area contributed by atoms with E-state index in [9.17, 15) is 0 Å². The predicted molar refractivity (Wildman–Crippen MR) is 81.4 cm³/mol. The van der Waals surface area contributed by atoms with Crippen LogP contribution in [-0.2, 0) is 6.54 Å². The second kappa shape index (κ2) is 6.63. The second-order valence-electron chi connectivity index (χ2n) is 4.69. The molecule has 0 amide bonds. The third kappa shape index (κ3) is 3.29. The van der Waals surface area contributed by atoms with Gasteiger partial charge in [0.2, 0.25) is 11.7 Å². The van der Waals surface area contributed by atoms with Crippen molar-refractivity contribution in [2.45, 2.75) is 19.5 Å². The zero-order chi connectivity index (χ0) is 15.4. The molecule has 22 heavy (non-hydrogen) atoms. The highest BCUT2D eigenvalue weighted by molar-refractivity contribution is 7.03. The Morgan fingerprint density at radius 3 is 3.09 bits per heavy atom. The zero-order valence-electron chi connectivity index (χ0n) is 12.2. The third-order valence-corrected chi connectivity index (χ3v) is 3.69. The maximum absolute atomic E-state index is 5.33. The number of rotatable bonds is 6. The van der Waals surface area contributed by atoms with Crippen LogP contribution in [0, 0.1) is 0 Å². The van der Waals surface area contributed by atoms with Gasteiger partial charge in [-0.15, -0.1) is 5.10 Å². The van der Waals surface area contributed by atoms with Crippen molar-refractivity contribution in [3.63, 3.8) is 0 Å². The molecule has 3 rings (SSSR count). The van der Waals surface area contributed by atoms with Crippen LogP contribution in [0.25, 0.3) is 11.4 Å². The van der Waals surface area contributed by atoms with Crippen LogP contribution in [-0.4, -0.2) is 26.8 Å². The maximum Gasteiger partial charge on any atom is 0.243 e. The van der Waals surface area contributed by atoms with Gasteiger partial charge in [0, 0.05) is 17.5 Å². The molecule has 1 N–H and O–H groups in total. The molecule has 114 valence electrons. The lowest BCUT2D eigenvalue weighted by Crippen LogP contribution is -2.18. The van der Waals surface area contributed by atoms with Gasteiger partial charge < -0.3 is 14.6 Å². The lowest BCUT2D eigenvalue weighted by molar-refractivity contribution is 0.338. The Morgan fingerprint density at radius 2 is 2.32 bits per heavy atom. The number of nitrogens with one attached hydrogen (secondary N) is 1. The van der Waals surface area contributed by atoms with Crippen molar-refractivity contribution in [3.05, 3.63) is 41.2 Å². The summed E-state index contributed by atoms with van der Waals surface area (Å²) in [5.41, 5.74) is 1.75. The van der Waals surface area contributed by atoms with E-state index in [1.165, 1.54) is 11.5 Å². The second-order valence-corrected chi connectivity index (χ2v) is 5.30. The minimum absolute atomic E-state index is 0.0754. The molecule has 2 aromatic heterocycles. The van der Waals surface area contributed by atoms with Gasteiger partial charge in [-0.2, -0.15) is 4.98 Å². The number of aromatic nitrogens is 4. The standard InChI is InChI=1S/C14H15N5O2S/c1-9(15-7-11-8-22-19-17-11)14-16-13(18-21-14)10-4-3-5-12(6-10)20-2/h3-6,8-9,15H,7H2,1-2H3/t9-/m0/s1. The van der Waals surface area contributed by atoms with Crippen molar-refractivity contribution < 1.29 is 9.26 Å². The summed E-state index contributed by atoms with van der Waals surface area (Å²) in [5, 5.41) is 13.2. The van der Waals surface area contributed by atoms with Crippen LogP contribution in [0.1, 0.15) is 24.6 Å². The molecule has 0 spiro atoms. The molecule has 2 heterocycles. The molecule has 0 radical (unpaired) electrons. The topological polar surface area (TPSA) is 86.0 Å². The summed E-state index contributed by atoms with van der Waals surface area (Å²) in [7, 11) is 1.63. The molecule has 0 unspecified atom stereocenters. The van der Waals surface area contributed by atoms with Gasteiger partial charge in [0.15, 0.2) is 0 Å². The van der Waals surface area contributed by atoms with Crippen LogP contribution in [0.3, 0.4) is 0 Å². The van der Waals surface area contributed by atoms with Gasteiger partial charge in [-0.25, -0.2) is 0 Å². The van der Waals surface area contributed by atoms with E-state index < -0.39 is 0 Å². The van der Waals surface area contributed by atoms with Crippen molar-refractivity contribution in [1.82, 2.24) is 25.0 Å². The van der Waals surface area contributed by atoms with Gasteiger partial charge in [0.1, 0.15) is 5.75 Å². The molecule has 0 aliphatic rings. The molecule has 0 fully saturated rings. The minimum atomic E-state index is -0.0754. The zero-order valence-corrected chi connectivity index (χ0v) is 13.0. The summed E-state index contributed by atoms with van der Waals surface area (Å²) in [6.45, 7) is 2.57. The fourth-order valence-electron chi connectivity index (χ4n) is 1.90. The van der Waals surface area contributed by atoms with Gasteiger partial charge in [0.25, 0.3) is 0 Å². The van der Waals surface area contributed by atoms with Crippen molar-refractivity contribution >= 4 is 11.5 Å². The van der Waals surface area contributed by atoms with E-state index in [2.05, 4.69) is 25.0 Å². The highest BCUT2D eigenvalue weighted by Crippen LogP contribution is 2.22. The molecule has 1 atom stereocenters. The first-order valence-electron chi connectivity index (χ1n) is 6.73. The molecule has 0 bridgehead atoms. The molecule has 0 aliphatic heterocycles.